The molecule has 13 heteroatoms. The summed E-state index contributed by atoms with van der Waals surface area (Å²) in [6.45, 7) is 6.70. The molecule has 4 heterocycles. The van der Waals surface area contributed by atoms with Gasteiger partial charge < -0.3 is 33.7 Å². The van der Waals surface area contributed by atoms with Gasteiger partial charge in [-0.3, -0.25) is 4.98 Å². The highest BCUT2D eigenvalue weighted by atomic mass is 16.6. The molecule has 1 aliphatic heterocycles. The monoisotopic (exact) mass is 589 g/mol. The second-order valence-electron chi connectivity index (χ2n) is 11.1. The van der Waals surface area contributed by atoms with Gasteiger partial charge in [0.05, 0.1) is 37.8 Å². The molecule has 43 heavy (non-hydrogen) atoms. The number of carbonyl (C=O) groups excluding carboxylic acids is 2. The number of hydrogen-bond donors (Lipinski definition) is 1. The molecule has 0 bridgehead atoms. The number of aromatic nitrogens is 5. The Morgan fingerprint density at radius 2 is 1.74 bits per heavy atom. The van der Waals surface area contributed by atoms with Crippen LogP contribution in [0, 0.1) is 0 Å². The van der Waals surface area contributed by atoms with Crippen LogP contribution in [0.25, 0.3) is 22.3 Å². The molecule has 1 N–H and O–H groups in total. The van der Waals surface area contributed by atoms with E-state index in [0.29, 0.717) is 54.1 Å². The van der Waals surface area contributed by atoms with Gasteiger partial charge in [-0.15, -0.1) is 0 Å². The van der Waals surface area contributed by atoms with Crippen LogP contribution in [0.15, 0.2) is 43.0 Å². The van der Waals surface area contributed by atoms with Gasteiger partial charge >= 0.3 is 12.1 Å². The lowest BCUT2D eigenvalue weighted by Crippen LogP contribution is -2.44. The van der Waals surface area contributed by atoms with E-state index in [1.165, 1.54) is 14.2 Å². The zero-order chi connectivity index (χ0) is 30.7. The van der Waals surface area contributed by atoms with E-state index < -0.39 is 11.6 Å². The lowest BCUT2D eigenvalue weighted by Gasteiger charge is -2.33. The molecular formula is C30H35N7O6. The second kappa shape index (κ2) is 12.1. The molecular weight excluding hydrogens is 554 g/mol. The van der Waals surface area contributed by atoms with Gasteiger partial charge in [-0.05, 0) is 45.0 Å². The fourth-order valence-electron chi connectivity index (χ4n) is 4.71. The van der Waals surface area contributed by atoms with Crippen LogP contribution in [-0.2, 0) is 16.5 Å². The van der Waals surface area contributed by atoms with E-state index in [4.69, 9.17) is 18.9 Å². The van der Waals surface area contributed by atoms with E-state index in [1.54, 1.807) is 23.6 Å². The van der Waals surface area contributed by atoms with Gasteiger partial charge in [0.25, 0.3) is 0 Å². The smallest absolute Gasteiger partial charge is 0.410 e. The van der Waals surface area contributed by atoms with Crippen LogP contribution in [0.1, 0.15) is 44.1 Å². The maximum absolute atomic E-state index is 12.8. The van der Waals surface area contributed by atoms with Crippen molar-refractivity contribution in [1.82, 2.24) is 29.4 Å². The number of carbonyl (C=O) groups is 2. The third-order valence-corrected chi connectivity index (χ3v) is 6.84. The van der Waals surface area contributed by atoms with Crippen LogP contribution < -0.4 is 14.8 Å². The van der Waals surface area contributed by atoms with Crippen LogP contribution in [0.3, 0.4) is 0 Å². The predicted molar refractivity (Wildman–Crippen MR) is 159 cm³/mol. The number of aryl methyl sites for hydroxylation is 1. The number of anilines is 2. The Kier molecular flexibility index (Phi) is 8.33. The minimum absolute atomic E-state index is 0.0239. The van der Waals surface area contributed by atoms with E-state index >= 15 is 0 Å². The molecule has 0 aliphatic carbocycles. The normalized spacial score (nSPS) is 14.0. The summed E-state index contributed by atoms with van der Waals surface area (Å²) in [5, 5.41) is 3.15. The van der Waals surface area contributed by atoms with Gasteiger partial charge in [0.2, 0.25) is 5.88 Å². The minimum Gasteiger partial charge on any atom is -0.490 e. The molecule has 13 nitrogen and oxygen atoms in total. The average Bonchev–Trinajstić information content (AvgIpc) is 3.37. The third kappa shape index (κ3) is 6.60. The van der Waals surface area contributed by atoms with E-state index in [-0.39, 0.29) is 29.6 Å². The van der Waals surface area contributed by atoms with Crippen molar-refractivity contribution in [2.75, 3.05) is 32.6 Å². The van der Waals surface area contributed by atoms with Crippen molar-refractivity contribution in [3.8, 4) is 22.9 Å². The van der Waals surface area contributed by atoms with Crippen molar-refractivity contribution in [1.29, 1.82) is 0 Å². The predicted octanol–water partition coefficient (Wildman–Crippen LogP) is 4.74. The first-order chi connectivity index (χ1) is 20.6. The maximum atomic E-state index is 12.8. The number of nitrogens with zero attached hydrogens (tertiary/aromatic N) is 6. The molecule has 1 aromatic carbocycles. The first-order valence-corrected chi connectivity index (χ1v) is 13.9. The number of imidazole rings is 1. The van der Waals surface area contributed by atoms with E-state index in [2.05, 4.69) is 25.3 Å². The van der Waals surface area contributed by atoms with E-state index in [0.717, 1.165) is 5.52 Å². The molecule has 1 fully saturated rings. The highest BCUT2D eigenvalue weighted by Gasteiger charge is 2.28. The first kappa shape index (κ1) is 29.5. The zero-order valence-corrected chi connectivity index (χ0v) is 25.1. The Hall–Kier alpha value is -4.94. The second-order valence-corrected chi connectivity index (χ2v) is 11.1. The number of methoxy groups -OCH3 is 2. The van der Waals surface area contributed by atoms with Gasteiger partial charge in [0, 0.05) is 44.9 Å². The topological polar surface area (TPSA) is 143 Å². The largest absolute Gasteiger partial charge is 0.490 e. The quantitative estimate of drug-likeness (QED) is 0.299. The number of piperidine rings is 1. The zero-order valence-electron chi connectivity index (χ0n) is 25.1. The van der Waals surface area contributed by atoms with Crippen molar-refractivity contribution in [2.24, 2.45) is 7.05 Å². The van der Waals surface area contributed by atoms with Gasteiger partial charge in [-0.1, -0.05) is 0 Å². The molecule has 1 saturated heterocycles. The Labute approximate surface area is 249 Å². The molecule has 0 spiro atoms. The van der Waals surface area contributed by atoms with Crippen LogP contribution >= 0.6 is 0 Å². The third-order valence-electron chi connectivity index (χ3n) is 6.84. The summed E-state index contributed by atoms with van der Waals surface area (Å²) in [4.78, 5) is 44.8. The molecule has 5 rings (SSSR count). The number of nitrogens with one attached hydrogen (secondary N) is 1. The standard InChI is InChI=1S/C30H35N7O6/c1-30(2,3)43-29(39)37-13-11-20(12-14-37)42-19-9-7-18(8-10-19)33-26-25(28(38)41-6)34-24(27(35-26)40-5)21-15-31-16-22-23(21)32-17-36(22)4/h7-10,15-17,20H,11-14H2,1-6H3,(H,33,35). The van der Waals surface area contributed by atoms with Gasteiger partial charge in [0.15, 0.2) is 11.5 Å². The Bertz CT molecular complexity index is 1620. The number of ether oxygens (including phenoxy) is 4. The summed E-state index contributed by atoms with van der Waals surface area (Å²) in [6, 6.07) is 7.28. The van der Waals surface area contributed by atoms with Crippen molar-refractivity contribution >= 4 is 34.6 Å². The highest BCUT2D eigenvalue weighted by molar-refractivity contribution is 5.96. The Balaban J connectivity index is 1.31. The molecule has 226 valence electrons. The lowest BCUT2D eigenvalue weighted by atomic mass is 10.1. The fraction of sp³-hybridized carbons (Fsp3) is 0.400. The summed E-state index contributed by atoms with van der Waals surface area (Å²) in [6.07, 6.45) is 6.05. The van der Waals surface area contributed by atoms with Gasteiger partial charge in [0.1, 0.15) is 28.7 Å². The van der Waals surface area contributed by atoms with Crippen LogP contribution in [0.2, 0.25) is 0 Å². The first-order valence-electron chi connectivity index (χ1n) is 13.9. The number of amides is 1. The van der Waals surface area contributed by atoms with Crippen LogP contribution in [-0.4, -0.2) is 80.5 Å². The fourth-order valence-corrected chi connectivity index (χ4v) is 4.71. The number of hydrogen-bond acceptors (Lipinski definition) is 11. The number of likely N-dealkylation sites (tertiary alicyclic amines) is 1. The molecule has 0 radical (unpaired) electrons. The lowest BCUT2D eigenvalue weighted by molar-refractivity contribution is 0.0126. The summed E-state index contributed by atoms with van der Waals surface area (Å²) >= 11 is 0. The summed E-state index contributed by atoms with van der Waals surface area (Å²) in [5.74, 6) is 0.367. The molecule has 1 amide bonds. The minimum atomic E-state index is -0.669. The molecule has 0 unspecified atom stereocenters. The highest BCUT2D eigenvalue weighted by Crippen LogP contribution is 2.34. The molecule has 0 atom stereocenters. The number of rotatable bonds is 7. The summed E-state index contributed by atoms with van der Waals surface area (Å²) < 4.78 is 24.1. The Morgan fingerprint density at radius 1 is 1.02 bits per heavy atom. The van der Waals surface area contributed by atoms with Crippen LogP contribution in [0.4, 0.5) is 16.3 Å². The van der Waals surface area contributed by atoms with Crippen LogP contribution in [0.5, 0.6) is 11.6 Å². The number of pyridine rings is 1. The van der Waals surface area contributed by atoms with Gasteiger partial charge in [-0.25, -0.2) is 19.6 Å². The number of esters is 1. The SMILES string of the molecule is COC(=O)c1nc(-c2cncc3c2ncn3C)c(OC)nc1Nc1ccc(OC2CCN(C(=O)OC(C)(C)C)CC2)cc1. The maximum Gasteiger partial charge on any atom is 0.410 e. The average molecular weight is 590 g/mol. The van der Waals surface area contributed by atoms with Gasteiger partial charge in [-0.2, -0.15) is 4.98 Å². The van der Waals surface area contributed by atoms with Crippen molar-refractivity contribution in [2.45, 2.75) is 45.3 Å². The molecule has 1 aliphatic rings. The number of benzene rings is 1. The number of fused-ring (bicyclic) bond motifs is 1. The molecule has 0 saturated carbocycles. The van der Waals surface area contributed by atoms with E-state index in [1.807, 2.05) is 56.7 Å². The van der Waals surface area contributed by atoms with Crippen molar-refractivity contribution in [3.63, 3.8) is 0 Å². The summed E-state index contributed by atoms with van der Waals surface area (Å²) in [7, 11) is 4.62. The molecule has 4 aromatic rings. The van der Waals surface area contributed by atoms with E-state index in [9.17, 15) is 9.59 Å². The van der Waals surface area contributed by atoms with Crippen molar-refractivity contribution < 1.29 is 28.5 Å². The molecule has 3 aromatic heterocycles. The Morgan fingerprint density at radius 3 is 2.40 bits per heavy atom. The summed E-state index contributed by atoms with van der Waals surface area (Å²) in [5.41, 5.74) is 2.41. The van der Waals surface area contributed by atoms with Crippen molar-refractivity contribution in [3.05, 3.63) is 48.7 Å².